The molecule has 2 aliphatic heterocycles. The highest BCUT2D eigenvalue weighted by atomic mass is 16.2. The van der Waals surface area contributed by atoms with Gasteiger partial charge in [0.15, 0.2) is 0 Å². The number of nitrogens with zero attached hydrogens (tertiary/aromatic N) is 2. The Morgan fingerprint density at radius 2 is 1.95 bits per heavy atom. The number of carbonyl (C=O) groups excluding carboxylic acids is 2. The average Bonchev–Trinajstić information content (AvgIpc) is 2.85. The Labute approximate surface area is 128 Å². The number of nitrogens with one attached hydrogen (secondary N) is 1. The summed E-state index contributed by atoms with van der Waals surface area (Å²) < 4.78 is 0. The van der Waals surface area contributed by atoms with E-state index in [1.165, 1.54) is 0 Å². The van der Waals surface area contributed by atoms with E-state index >= 15 is 0 Å². The molecule has 21 heavy (non-hydrogen) atoms. The van der Waals surface area contributed by atoms with Gasteiger partial charge in [0.05, 0.1) is 0 Å². The minimum Gasteiger partial charge on any atom is -0.338 e. The van der Waals surface area contributed by atoms with Crippen molar-refractivity contribution in [3.8, 4) is 0 Å². The van der Waals surface area contributed by atoms with Crippen molar-refractivity contribution in [1.82, 2.24) is 15.1 Å². The van der Waals surface area contributed by atoms with Gasteiger partial charge in [-0.15, -0.1) is 0 Å². The maximum Gasteiger partial charge on any atom is 0.245 e. The molecule has 1 N–H and O–H groups in total. The lowest BCUT2D eigenvalue weighted by atomic mass is 9.91. The third-order valence-electron chi connectivity index (χ3n) is 4.22. The molecule has 0 saturated carbocycles. The highest BCUT2D eigenvalue weighted by Crippen LogP contribution is 2.25. The van der Waals surface area contributed by atoms with Crippen LogP contribution in [0.2, 0.25) is 0 Å². The summed E-state index contributed by atoms with van der Waals surface area (Å²) in [6, 6.07) is 0.105. The zero-order valence-corrected chi connectivity index (χ0v) is 13.8. The SMILES string of the molecule is CC1CN(C(=O)C2CCCN2C(=O)CC(C)(C)C)CCN1. The number of rotatable bonds is 2. The Kier molecular flexibility index (Phi) is 4.91. The first-order chi connectivity index (χ1) is 9.78. The van der Waals surface area contributed by atoms with Gasteiger partial charge >= 0.3 is 0 Å². The molecule has 2 heterocycles. The molecular formula is C16H29N3O2. The van der Waals surface area contributed by atoms with Crippen molar-refractivity contribution in [2.24, 2.45) is 5.41 Å². The van der Waals surface area contributed by atoms with E-state index in [2.05, 4.69) is 33.0 Å². The van der Waals surface area contributed by atoms with Gasteiger partial charge in [-0.1, -0.05) is 20.8 Å². The minimum absolute atomic E-state index is 0.0309. The van der Waals surface area contributed by atoms with Crippen LogP contribution in [0.5, 0.6) is 0 Å². The van der Waals surface area contributed by atoms with Crippen molar-refractivity contribution in [2.45, 2.75) is 59.0 Å². The second-order valence-electron chi connectivity index (χ2n) is 7.62. The fourth-order valence-electron chi connectivity index (χ4n) is 3.22. The van der Waals surface area contributed by atoms with Gasteiger partial charge < -0.3 is 15.1 Å². The molecule has 0 aromatic carbocycles. The lowest BCUT2D eigenvalue weighted by Crippen LogP contribution is -2.56. The summed E-state index contributed by atoms with van der Waals surface area (Å²) in [5, 5.41) is 3.35. The molecule has 2 amide bonds. The van der Waals surface area contributed by atoms with Gasteiger partial charge in [0.25, 0.3) is 0 Å². The van der Waals surface area contributed by atoms with Crippen molar-refractivity contribution in [1.29, 1.82) is 0 Å². The Morgan fingerprint density at radius 1 is 1.24 bits per heavy atom. The number of piperazine rings is 1. The predicted octanol–water partition coefficient (Wildman–Crippen LogP) is 1.23. The van der Waals surface area contributed by atoms with Crippen LogP contribution in [0.1, 0.15) is 47.0 Å². The Bertz CT molecular complexity index is 403. The molecule has 5 nitrogen and oxygen atoms in total. The molecule has 0 aromatic rings. The average molecular weight is 295 g/mol. The topological polar surface area (TPSA) is 52.7 Å². The smallest absolute Gasteiger partial charge is 0.245 e. The summed E-state index contributed by atoms with van der Waals surface area (Å²) in [6.07, 6.45) is 2.26. The molecule has 2 atom stereocenters. The molecule has 0 aromatic heterocycles. The summed E-state index contributed by atoms with van der Waals surface area (Å²) in [4.78, 5) is 28.9. The fourth-order valence-corrected chi connectivity index (χ4v) is 3.22. The highest BCUT2D eigenvalue weighted by molar-refractivity contribution is 5.88. The Morgan fingerprint density at radius 3 is 2.57 bits per heavy atom. The number of hydrogen-bond donors (Lipinski definition) is 1. The summed E-state index contributed by atoms with van der Waals surface area (Å²) in [6.45, 7) is 11.4. The van der Waals surface area contributed by atoms with Crippen LogP contribution >= 0.6 is 0 Å². The van der Waals surface area contributed by atoms with Crippen molar-refractivity contribution < 1.29 is 9.59 Å². The highest BCUT2D eigenvalue weighted by Gasteiger charge is 2.38. The van der Waals surface area contributed by atoms with Crippen LogP contribution in [0.4, 0.5) is 0 Å². The first-order valence-corrected chi connectivity index (χ1v) is 8.09. The van der Waals surface area contributed by atoms with Crippen LogP contribution in [0.15, 0.2) is 0 Å². The second kappa shape index (κ2) is 6.34. The molecule has 120 valence electrons. The standard InChI is InChI=1S/C16H29N3O2/c1-12-11-18(9-7-17-12)15(21)13-6-5-8-19(13)14(20)10-16(2,3)4/h12-13,17H,5-11H2,1-4H3. The largest absolute Gasteiger partial charge is 0.338 e. The van der Waals surface area contributed by atoms with Gasteiger partial charge in [0, 0.05) is 38.6 Å². The minimum atomic E-state index is -0.231. The van der Waals surface area contributed by atoms with Gasteiger partial charge in [0.1, 0.15) is 6.04 Å². The lowest BCUT2D eigenvalue weighted by molar-refractivity contribution is -0.145. The molecule has 5 heteroatoms. The molecule has 0 aliphatic carbocycles. The molecule has 2 aliphatic rings. The summed E-state index contributed by atoms with van der Waals surface area (Å²) in [5.74, 6) is 0.268. The summed E-state index contributed by atoms with van der Waals surface area (Å²) >= 11 is 0. The van der Waals surface area contributed by atoms with Crippen LogP contribution in [-0.4, -0.2) is 59.9 Å². The van der Waals surface area contributed by atoms with Crippen LogP contribution < -0.4 is 5.32 Å². The van der Waals surface area contributed by atoms with E-state index in [-0.39, 0.29) is 23.3 Å². The van der Waals surface area contributed by atoms with Crippen molar-refractivity contribution in [2.75, 3.05) is 26.2 Å². The van der Waals surface area contributed by atoms with Crippen LogP contribution in [-0.2, 0) is 9.59 Å². The second-order valence-corrected chi connectivity index (χ2v) is 7.62. The summed E-state index contributed by atoms with van der Waals surface area (Å²) in [5.41, 5.74) is -0.0309. The normalized spacial score (nSPS) is 27.0. The van der Waals surface area contributed by atoms with Gasteiger partial charge in [-0.2, -0.15) is 0 Å². The molecule has 2 unspecified atom stereocenters. The van der Waals surface area contributed by atoms with E-state index in [0.717, 1.165) is 39.0 Å². The van der Waals surface area contributed by atoms with E-state index in [1.54, 1.807) is 0 Å². The third kappa shape index (κ3) is 4.19. The van der Waals surface area contributed by atoms with Crippen LogP contribution in [0.25, 0.3) is 0 Å². The first kappa shape index (κ1) is 16.3. The van der Waals surface area contributed by atoms with E-state index < -0.39 is 0 Å². The van der Waals surface area contributed by atoms with Crippen molar-refractivity contribution in [3.63, 3.8) is 0 Å². The number of likely N-dealkylation sites (tertiary alicyclic amines) is 1. The molecule has 0 bridgehead atoms. The molecule has 2 rings (SSSR count). The molecule has 2 fully saturated rings. The van der Waals surface area contributed by atoms with Gasteiger partial charge in [-0.3, -0.25) is 9.59 Å². The maximum absolute atomic E-state index is 12.7. The van der Waals surface area contributed by atoms with Crippen LogP contribution in [0, 0.1) is 5.41 Å². The predicted molar refractivity (Wildman–Crippen MR) is 82.9 cm³/mol. The van der Waals surface area contributed by atoms with E-state index in [9.17, 15) is 9.59 Å². The van der Waals surface area contributed by atoms with E-state index in [1.807, 2.05) is 9.80 Å². The Balaban J connectivity index is 2.00. The fraction of sp³-hybridized carbons (Fsp3) is 0.875. The number of carbonyl (C=O) groups is 2. The molecule has 0 spiro atoms. The van der Waals surface area contributed by atoms with Gasteiger partial charge in [0.2, 0.25) is 11.8 Å². The number of hydrogen-bond acceptors (Lipinski definition) is 3. The Hall–Kier alpha value is -1.10. The molecular weight excluding hydrogens is 266 g/mol. The summed E-state index contributed by atoms with van der Waals surface area (Å²) in [7, 11) is 0. The van der Waals surface area contributed by atoms with Crippen LogP contribution in [0.3, 0.4) is 0 Å². The first-order valence-electron chi connectivity index (χ1n) is 8.09. The lowest BCUT2D eigenvalue weighted by Gasteiger charge is -2.36. The van der Waals surface area contributed by atoms with E-state index in [4.69, 9.17) is 0 Å². The molecule has 2 saturated heterocycles. The van der Waals surface area contributed by atoms with Crippen molar-refractivity contribution in [3.05, 3.63) is 0 Å². The zero-order valence-electron chi connectivity index (χ0n) is 13.8. The zero-order chi connectivity index (χ0) is 15.6. The van der Waals surface area contributed by atoms with Gasteiger partial charge in [-0.25, -0.2) is 0 Å². The maximum atomic E-state index is 12.7. The third-order valence-corrected chi connectivity index (χ3v) is 4.22. The van der Waals surface area contributed by atoms with Crippen molar-refractivity contribution >= 4 is 11.8 Å². The van der Waals surface area contributed by atoms with E-state index in [0.29, 0.717) is 12.5 Å². The monoisotopic (exact) mass is 295 g/mol. The van der Waals surface area contributed by atoms with Gasteiger partial charge in [-0.05, 0) is 25.2 Å². The molecule has 0 radical (unpaired) electrons. The number of amides is 2. The quantitative estimate of drug-likeness (QED) is 0.834.